The van der Waals surface area contributed by atoms with Crippen LogP contribution in [-0.4, -0.2) is 27.3 Å². The molecular weight excluding hydrogens is 306 g/mol. The average Bonchev–Trinajstić information content (AvgIpc) is 3.08. The molecule has 2 N–H and O–H groups in total. The van der Waals surface area contributed by atoms with Crippen LogP contribution in [0.5, 0.6) is 0 Å². The molecule has 0 aliphatic carbocycles. The van der Waals surface area contributed by atoms with Gasteiger partial charge in [-0.2, -0.15) is 5.10 Å². The van der Waals surface area contributed by atoms with Gasteiger partial charge in [-0.1, -0.05) is 0 Å². The summed E-state index contributed by atoms with van der Waals surface area (Å²) in [5.41, 5.74) is 6.14. The fraction of sp³-hybridized carbons (Fsp3) is 0.471. The third-order valence-electron chi connectivity index (χ3n) is 4.74. The first-order valence-corrected chi connectivity index (χ1v) is 8.18. The second kappa shape index (κ2) is 6.14. The van der Waals surface area contributed by atoms with Gasteiger partial charge in [0.2, 0.25) is 0 Å². The lowest BCUT2D eigenvalue weighted by atomic mass is 10.0. The molecule has 1 atom stereocenters. The van der Waals surface area contributed by atoms with Crippen LogP contribution in [0.1, 0.15) is 29.4 Å². The number of benzene rings is 1. The van der Waals surface area contributed by atoms with Gasteiger partial charge in [-0.15, -0.1) is 0 Å². The Morgan fingerprint density at radius 1 is 1.46 bits per heavy atom. The number of nitrogens with zero attached hydrogens (tertiary/aromatic N) is 3. The number of aromatic nitrogens is 2. The van der Waals surface area contributed by atoms with E-state index in [9.17, 15) is 10.1 Å². The normalized spacial score (nSPS) is 14.2. The highest BCUT2D eigenvalue weighted by atomic mass is 16.6. The zero-order valence-corrected chi connectivity index (χ0v) is 14.5. The first-order chi connectivity index (χ1) is 11.4. The van der Waals surface area contributed by atoms with E-state index < -0.39 is 0 Å². The molecule has 1 aliphatic rings. The van der Waals surface area contributed by atoms with Gasteiger partial charge in [-0.3, -0.25) is 14.8 Å². The van der Waals surface area contributed by atoms with Crippen molar-refractivity contribution in [2.75, 3.05) is 17.2 Å². The molecule has 24 heavy (non-hydrogen) atoms. The number of fused-ring (bicyclic) bond motifs is 1. The maximum Gasteiger partial charge on any atom is 0.292 e. The summed E-state index contributed by atoms with van der Waals surface area (Å²) in [6, 6.07) is 3.44. The van der Waals surface area contributed by atoms with Gasteiger partial charge in [-0.05, 0) is 45.2 Å². The lowest BCUT2D eigenvalue weighted by molar-refractivity contribution is -0.384. The summed E-state index contributed by atoms with van der Waals surface area (Å²) in [7, 11) is 1.94. The van der Waals surface area contributed by atoms with E-state index >= 15 is 0 Å². The van der Waals surface area contributed by atoms with Crippen LogP contribution in [0.4, 0.5) is 17.1 Å². The number of aryl methyl sites for hydroxylation is 2. The number of anilines is 2. The van der Waals surface area contributed by atoms with E-state index in [-0.39, 0.29) is 16.7 Å². The predicted octanol–water partition coefficient (Wildman–Crippen LogP) is 2.96. The summed E-state index contributed by atoms with van der Waals surface area (Å²) in [5.74, 6) is 0. The molecule has 0 unspecified atom stereocenters. The van der Waals surface area contributed by atoms with Crippen molar-refractivity contribution >= 4 is 17.1 Å². The Kier molecular flexibility index (Phi) is 4.17. The summed E-state index contributed by atoms with van der Waals surface area (Å²) in [5, 5.41) is 22.5. The van der Waals surface area contributed by atoms with Crippen molar-refractivity contribution in [1.29, 1.82) is 0 Å². The van der Waals surface area contributed by atoms with Crippen LogP contribution in [-0.2, 0) is 19.9 Å². The van der Waals surface area contributed by atoms with Gasteiger partial charge in [0, 0.05) is 42.6 Å². The van der Waals surface area contributed by atoms with Crippen molar-refractivity contribution in [2.45, 2.75) is 39.7 Å². The minimum absolute atomic E-state index is 0.0670. The molecule has 1 aliphatic heterocycles. The Morgan fingerprint density at radius 2 is 2.21 bits per heavy atom. The summed E-state index contributed by atoms with van der Waals surface area (Å²) in [6.45, 7) is 6.92. The molecule has 0 fully saturated rings. The molecule has 0 saturated heterocycles. The maximum atomic E-state index is 11.4. The molecule has 1 aromatic heterocycles. The zero-order chi connectivity index (χ0) is 17.4. The van der Waals surface area contributed by atoms with Gasteiger partial charge in [0.1, 0.15) is 5.69 Å². The molecule has 2 heterocycles. The van der Waals surface area contributed by atoms with Crippen molar-refractivity contribution in [3.8, 4) is 0 Å². The third-order valence-corrected chi connectivity index (χ3v) is 4.74. The van der Waals surface area contributed by atoms with E-state index in [1.165, 1.54) is 5.56 Å². The minimum Gasteiger partial charge on any atom is -0.384 e. The lowest BCUT2D eigenvalue weighted by Crippen LogP contribution is -2.20. The van der Waals surface area contributed by atoms with Gasteiger partial charge in [0.25, 0.3) is 5.69 Å². The van der Waals surface area contributed by atoms with Crippen LogP contribution in [0.15, 0.2) is 12.1 Å². The van der Waals surface area contributed by atoms with Crippen LogP contribution >= 0.6 is 0 Å². The van der Waals surface area contributed by atoms with Gasteiger partial charge in [0.15, 0.2) is 0 Å². The van der Waals surface area contributed by atoms with Crippen LogP contribution in [0, 0.1) is 24.0 Å². The van der Waals surface area contributed by atoms with Crippen LogP contribution in [0.25, 0.3) is 0 Å². The van der Waals surface area contributed by atoms with E-state index in [1.807, 2.05) is 18.7 Å². The fourth-order valence-corrected chi connectivity index (χ4v) is 3.41. The van der Waals surface area contributed by atoms with E-state index in [0.717, 1.165) is 42.0 Å². The first kappa shape index (κ1) is 16.3. The van der Waals surface area contributed by atoms with Gasteiger partial charge < -0.3 is 10.6 Å². The second-order valence-electron chi connectivity index (χ2n) is 6.44. The summed E-state index contributed by atoms with van der Waals surface area (Å²) in [6.07, 6.45) is 1.58. The predicted molar refractivity (Wildman–Crippen MR) is 94.8 cm³/mol. The Balaban J connectivity index is 1.88. The number of nitro benzene ring substituents is 1. The first-order valence-electron chi connectivity index (χ1n) is 8.18. The van der Waals surface area contributed by atoms with E-state index in [2.05, 4.69) is 29.6 Å². The van der Waals surface area contributed by atoms with E-state index in [0.29, 0.717) is 5.69 Å². The Bertz CT molecular complexity index is 797. The van der Waals surface area contributed by atoms with E-state index in [1.54, 1.807) is 12.1 Å². The Labute approximate surface area is 141 Å². The summed E-state index contributed by atoms with van der Waals surface area (Å²) >= 11 is 0. The average molecular weight is 329 g/mol. The fourth-order valence-electron chi connectivity index (χ4n) is 3.41. The largest absolute Gasteiger partial charge is 0.384 e. The molecule has 1 aromatic carbocycles. The Morgan fingerprint density at radius 3 is 2.83 bits per heavy atom. The number of hydrogen-bond donors (Lipinski definition) is 2. The van der Waals surface area contributed by atoms with Crippen molar-refractivity contribution in [2.24, 2.45) is 7.05 Å². The molecule has 7 heteroatoms. The number of rotatable bonds is 5. The number of nitrogens with one attached hydrogen (secondary N) is 2. The molecular formula is C17H23N5O2. The standard InChI is InChI=1S/C17H23N5O2/c1-10(9-14-11(2)20-21(4)12(14)3)19-17-13-7-8-18-15(13)5-6-16(17)22(23)24/h5-6,10,18-19H,7-9H2,1-4H3/t10-/m1/s1. The highest BCUT2D eigenvalue weighted by molar-refractivity contribution is 5.77. The van der Waals surface area contributed by atoms with Crippen molar-refractivity contribution in [1.82, 2.24) is 9.78 Å². The van der Waals surface area contributed by atoms with Gasteiger partial charge >= 0.3 is 0 Å². The third kappa shape index (κ3) is 2.81. The quantitative estimate of drug-likeness (QED) is 0.651. The molecule has 0 amide bonds. The van der Waals surface area contributed by atoms with E-state index in [4.69, 9.17) is 0 Å². The molecule has 0 radical (unpaired) electrons. The highest BCUT2D eigenvalue weighted by Gasteiger charge is 2.25. The summed E-state index contributed by atoms with van der Waals surface area (Å²) in [4.78, 5) is 11.1. The number of nitro groups is 1. The maximum absolute atomic E-state index is 11.4. The zero-order valence-electron chi connectivity index (χ0n) is 14.5. The SMILES string of the molecule is Cc1nn(C)c(C)c1C[C@@H](C)Nc1c([N+](=O)[O-])ccc2c1CCN2. The smallest absolute Gasteiger partial charge is 0.292 e. The molecule has 2 aromatic rings. The Hall–Kier alpha value is -2.57. The molecule has 0 bridgehead atoms. The minimum atomic E-state index is -0.311. The summed E-state index contributed by atoms with van der Waals surface area (Å²) < 4.78 is 1.88. The van der Waals surface area contributed by atoms with Crippen molar-refractivity contribution in [3.05, 3.63) is 44.8 Å². The molecule has 0 saturated carbocycles. The van der Waals surface area contributed by atoms with Crippen LogP contribution < -0.4 is 10.6 Å². The molecule has 3 rings (SSSR count). The van der Waals surface area contributed by atoms with Crippen molar-refractivity contribution in [3.63, 3.8) is 0 Å². The van der Waals surface area contributed by atoms with Gasteiger partial charge in [-0.25, -0.2) is 0 Å². The molecule has 7 nitrogen and oxygen atoms in total. The topological polar surface area (TPSA) is 85.0 Å². The van der Waals surface area contributed by atoms with Crippen LogP contribution in [0.3, 0.4) is 0 Å². The van der Waals surface area contributed by atoms with Gasteiger partial charge in [0.05, 0.1) is 10.6 Å². The molecule has 128 valence electrons. The number of hydrogen-bond acceptors (Lipinski definition) is 5. The lowest BCUT2D eigenvalue weighted by Gasteiger charge is -2.18. The monoisotopic (exact) mass is 329 g/mol. The second-order valence-corrected chi connectivity index (χ2v) is 6.44. The van der Waals surface area contributed by atoms with Crippen molar-refractivity contribution < 1.29 is 4.92 Å². The van der Waals surface area contributed by atoms with Crippen LogP contribution in [0.2, 0.25) is 0 Å². The molecule has 0 spiro atoms. The highest BCUT2D eigenvalue weighted by Crippen LogP contribution is 2.37.